The Morgan fingerprint density at radius 1 is 1.00 bits per heavy atom. The lowest BCUT2D eigenvalue weighted by Gasteiger charge is -2.06. The van der Waals surface area contributed by atoms with Crippen LogP contribution in [0.2, 0.25) is 0 Å². The van der Waals surface area contributed by atoms with Crippen LogP contribution in [-0.2, 0) is 6.54 Å². The number of unbranched alkanes of at least 4 members (excludes halogenated alkanes) is 1. The van der Waals surface area contributed by atoms with Crippen LogP contribution >= 0.6 is 0 Å². The molecule has 0 saturated heterocycles. The first-order valence-corrected chi connectivity index (χ1v) is 6.68. The predicted molar refractivity (Wildman–Crippen MR) is 80.1 cm³/mol. The maximum Gasteiger partial charge on any atom is 0.127 e. The van der Waals surface area contributed by atoms with E-state index in [-0.39, 0.29) is 0 Å². The summed E-state index contributed by atoms with van der Waals surface area (Å²) in [5, 5.41) is 0. The van der Waals surface area contributed by atoms with Crippen LogP contribution in [0.1, 0.15) is 25.3 Å². The molecule has 2 rings (SSSR count). The minimum Gasteiger partial charge on any atom is -0.457 e. The summed E-state index contributed by atoms with van der Waals surface area (Å²) in [6.45, 7) is 2.87. The summed E-state index contributed by atoms with van der Waals surface area (Å²) in [4.78, 5) is 4.40. The molecular weight excluding hydrogens is 234 g/mol. The van der Waals surface area contributed by atoms with E-state index in [0.717, 1.165) is 24.3 Å². The highest BCUT2D eigenvalue weighted by atomic mass is 16.5. The lowest BCUT2D eigenvalue weighted by molar-refractivity contribution is 0.482. The van der Waals surface area contributed by atoms with Crippen LogP contribution < -0.4 is 4.74 Å². The van der Waals surface area contributed by atoms with E-state index in [0.29, 0.717) is 6.54 Å². The SMILES string of the molecule is CCCC=NCc1cccc(Oc2ccccc2)c1. The molecule has 0 spiro atoms. The topological polar surface area (TPSA) is 21.6 Å². The molecule has 2 aromatic carbocycles. The molecule has 0 aliphatic carbocycles. The molecule has 0 unspecified atom stereocenters. The second-order valence-corrected chi connectivity index (χ2v) is 4.37. The first-order valence-electron chi connectivity index (χ1n) is 6.68. The van der Waals surface area contributed by atoms with Crippen molar-refractivity contribution in [2.24, 2.45) is 4.99 Å². The van der Waals surface area contributed by atoms with Gasteiger partial charge in [0.05, 0.1) is 6.54 Å². The van der Waals surface area contributed by atoms with Gasteiger partial charge in [-0.1, -0.05) is 43.7 Å². The van der Waals surface area contributed by atoms with Gasteiger partial charge in [0.2, 0.25) is 0 Å². The zero-order chi connectivity index (χ0) is 13.3. The van der Waals surface area contributed by atoms with Crippen LogP contribution in [0.3, 0.4) is 0 Å². The Labute approximate surface area is 114 Å². The first-order chi connectivity index (χ1) is 9.38. The van der Waals surface area contributed by atoms with Gasteiger partial charge in [-0.3, -0.25) is 4.99 Å². The number of hydrogen-bond donors (Lipinski definition) is 0. The fourth-order valence-corrected chi connectivity index (χ4v) is 1.72. The van der Waals surface area contributed by atoms with Crippen LogP contribution in [0.5, 0.6) is 11.5 Å². The average Bonchev–Trinajstić information content (AvgIpc) is 2.45. The Morgan fingerprint density at radius 2 is 1.79 bits per heavy atom. The van der Waals surface area contributed by atoms with Crippen molar-refractivity contribution in [3.8, 4) is 11.5 Å². The van der Waals surface area contributed by atoms with E-state index < -0.39 is 0 Å². The molecule has 0 N–H and O–H groups in total. The Bertz CT molecular complexity index is 520. The van der Waals surface area contributed by atoms with E-state index in [1.165, 1.54) is 5.56 Å². The molecule has 0 saturated carbocycles. The number of benzene rings is 2. The van der Waals surface area contributed by atoms with Crippen LogP contribution in [0.15, 0.2) is 59.6 Å². The third-order valence-corrected chi connectivity index (χ3v) is 2.70. The van der Waals surface area contributed by atoms with Gasteiger partial charge < -0.3 is 4.74 Å². The third kappa shape index (κ3) is 4.59. The van der Waals surface area contributed by atoms with Gasteiger partial charge in [-0.05, 0) is 42.5 Å². The molecule has 0 radical (unpaired) electrons. The van der Waals surface area contributed by atoms with Crippen LogP contribution in [0, 0.1) is 0 Å². The molecule has 2 heteroatoms. The van der Waals surface area contributed by atoms with E-state index in [1.807, 2.05) is 54.7 Å². The van der Waals surface area contributed by atoms with Crippen molar-refractivity contribution in [2.45, 2.75) is 26.3 Å². The van der Waals surface area contributed by atoms with Crippen LogP contribution in [-0.4, -0.2) is 6.21 Å². The fourth-order valence-electron chi connectivity index (χ4n) is 1.72. The fraction of sp³-hybridized carbons (Fsp3) is 0.235. The quantitative estimate of drug-likeness (QED) is 0.674. The van der Waals surface area contributed by atoms with Crippen molar-refractivity contribution < 1.29 is 4.74 Å². The zero-order valence-electron chi connectivity index (χ0n) is 11.3. The number of rotatable bonds is 6. The van der Waals surface area contributed by atoms with Gasteiger partial charge in [0.15, 0.2) is 0 Å². The Kier molecular flexibility index (Phi) is 5.17. The van der Waals surface area contributed by atoms with Crippen molar-refractivity contribution in [2.75, 3.05) is 0 Å². The van der Waals surface area contributed by atoms with Crippen molar-refractivity contribution in [1.82, 2.24) is 0 Å². The maximum atomic E-state index is 5.79. The number of ether oxygens (including phenoxy) is 1. The van der Waals surface area contributed by atoms with Crippen molar-refractivity contribution >= 4 is 6.21 Å². The van der Waals surface area contributed by atoms with E-state index in [1.54, 1.807) is 0 Å². The monoisotopic (exact) mass is 253 g/mol. The average molecular weight is 253 g/mol. The number of aliphatic imine (C=N–C) groups is 1. The van der Waals surface area contributed by atoms with Crippen LogP contribution in [0.25, 0.3) is 0 Å². The van der Waals surface area contributed by atoms with Crippen molar-refractivity contribution in [3.05, 3.63) is 60.2 Å². The van der Waals surface area contributed by atoms with Crippen molar-refractivity contribution in [3.63, 3.8) is 0 Å². The maximum absolute atomic E-state index is 5.79. The highest BCUT2D eigenvalue weighted by Gasteiger charge is 1.98. The minimum atomic E-state index is 0.714. The number of hydrogen-bond acceptors (Lipinski definition) is 2. The zero-order valence-corrected chi connectivity index (χ0v) is 11.3. The highest BCUT2D eigenvalue weighted by Crippen LogP contribution is 2.21. The van der Waals surface area contributed by atoms with Gasteiger partial charge in [-0.2, -0.15) is 0 Å². The highest BCUT2D eigenvalue weighted by molar-refractivity contribution is 5.57. The van der Waals surface area contributed by atoms with Gasteiger partial charge >= 0.3 is 0 Å². The molecule has 0 fully saturated rings. The Hall–Kier alpha value is -2.09. The molecule has 0 atom stereocenters. The molecule has 0 amide bonds. The molecule has 0 aromatic heterocycles. The van der Waals surface area contributed by atoms with Crippen LogP contribution in [0.4, 0.5) is 0 Å². The van der Waals surface area contributed by atoms with Gasteiger partial charge in [-0.15, -0.1) is 0 Å². The van der Waals surface area contributed by atoms with Gasteiger partial charge in [0.1, 0.15) is 11.5 Å². The summed E-state index contributed by atoms with van der Waals surface area (Å²) in [5.41, 5.74) is 1.17. The lowest BCUT2D eigenvalue weighted by Crippen LogP contribution is -1.87. The standard InChI is InChI=1S/C17H19NO/c1-2-3-12-18-14-15-8-7-11-17(13-15)19-16-9-5-4-6-10-16/h4-13H,2-3,14H2,1H3. The molecule has 0 aliphatic heterocycles. The minimum absolute atomic E-state index is 0.714. The van der Waals surface area contributed by atoms with Gasteiger partial charge in [0, 0.05) is 0 Å². The summed E-state index contributed by atoms with van der Waals surface area (Å²) < 4.78 is 5.79. The van der Waals surface area contributed by atoms with Gasteiger partial charge in [0.25, 0.3) is 0 Å². The summed E-state index contributed by atoms with van der Waals surface area (Å²) in [6, 6.07) is 17.9. The smallest absolute Gasteiger partial charge is 0.127 e. The Morgan fingerprint density at radius 3 is 2.58 bits per heavy atom. The first kappa shape index (κ1) is 13.3. The molecule has 0 bridgehead atoms. The Balaban J connectivity index is 1.99. The molecule has 98 valence electrons. The molecule has 0 aliphatic rings. The molecule has 0 heterocycles. The predicted octanol–water partition coefficient (Wildman–Crippen LogP) is 4.85. The molecule has 2 aromatic rings. The van der Waals surface area contributed by atoms with E-state index in [4.69, 9.17) is 4.74 Å². The number of nitrogens with zero attached hydrogens (tertiary/aromatic N) is 1. The third-order valence-electron chi connectivity index (χ3n) is 2.70. The lowest BCUT2D eigenvalue weighted by atomic mass is 10.2. The van der Waals surface area contributed by atoms with Crippen molar-refractivity contribution in [1.29, 1.82) is 0 Å². The summed E-state index contributed by atoms with van der Waals surface area (Å²) >= 11 is 0. The largest absolute Gasteiger partial charge is 0.457 e. The second kappa shape index (κ2) is 7.37. The number of para-hydroxylation sites is 1. The summed E-state index contributed by atoms with van der Waals surface area (Å²) in [7, 11) is 0. The van der Waals surface area contributed by atoms with Gasteiger partial charge in [-0.25, -0.2) is 0 Å². The second-order valence-electron chi connectivity index (χ2n) is 4.37. The normalized spacial score (nSPS) is 10.8. The molecular formula is C17H19NO. The summed E-state index contributed by atoms with van der Waals surface area (Å²) in [5.74, 6) is 1.71. The van der Waals surface area contributed by atoms with E-state index >= 15 is 0 Å². The molecule has 2 nitrogen and oxygen atoms in total. The van der Waals surface area contributed by atoms with E-state index in [9.17, 15) is 0 Å². The summed E-state index contributed by atoms with van der Waals surface area (Å²) in [6.07, 6.45) is 4.17. The molecule has 19 heavy (non-hydrogen) atoms. The van der Waals surface area contributed by atoms with E-state index in [2.05, 4.69) is 18.0 Å².